The summed E-state index contributed by atoms with van der Waals surface area (Å²) in [5.41, 5.74) is 6.64. The minimum atomic E-state index is -0.457. The number of benzene rings is 1. The van der Waals surface area contributed by atoms with E-state index in [2.05, 4.69) is 0 Å². The van der Waals surface area contributed by atoms with Gasteiger partial charge in [0.25, 0.3) is 0 Å². The molecule has 1 rings (SSSR count). The van der Waals surface area contributed by atoms with E-state index in [0.717, 1.165) is 10.5 Å². The highest BCUT2D eigenvalue weighted by molar-refractivity contribution is 7.99. The van der Waals surface area contributed by atoms with Gasteiger partial charge in [-0.25, -0.2) is 0 Å². The third-order valence-corrected chi connectivity index (χ3v) is 3.50. The van der Waals surface area contributed by atoms with Gasteiger partial charge < -0.3 is 20.3 Å². The fourth-order valence-electron chi connectivity index (χ4n) is 1.32. The summed E-state index contributed by atoms with van der Waals surface area (Å²) in [6.45, 7) is 1.97. The average Bonchev–Trinajstić information content (AvgIpc) is 2.42. The molecule has 4 nitrogen and oxygen atoms in total. The van der Waals surface area contributed by atoms with Crippen LogP contribution in [0.2, 0.25) is 0 Å². The summed E-state index contributed by atoms with van der Waals surface area (Å²) in [7, 11) is 1.63. The van der Waals surface area contributed by atoms with E-state index >= 15 is 0 Å². The molecule has 0 amide bonds. The van der Waals surface area contributed by atoms with Crippen molar-refractivity contribution in [3.63, 3.8) is 0 Å². The number of hydrogen-bond acceptors (Lipinski definition) is 5. The molecule has 0 aliphatic rings. The van der Waals surface area contributed by atoms with Crippen LogP contribution >= 0.6 is 11.8 Å². The molecule has 0 aliphatic heterocycles. The van der Waals surface area contributed by atoms with E-state index in [0.29, 0.717) is 32.1 Å². The fourth-order valence-corrected chi connectivity index (χ4v) is 2.13. The van der Waals surface area contributed by atoms with Gasteiger partial charge in [-0.3, -0.25) is 0 Å². The van der Waals surface area contributed by atoms with Crippen molar-refractivity contribution in [3.05, 3.63) is 29.8 Å². The van der Waals surface area contributed by atoms with Crippen LogP contribution in [0.1, 0.15) is 5.56 Å². The lowest BCUT2D eigenvalue weighted by Gasteiger charge is -2.11. The Morgan fingerprint density at radius 3 is 2.61 bits per heavy atom. The highest BCUT2D eigenvalue weighted by atomic mass is 32.2. The first kappa shape index (κ1) is 15.5. The highest BCUT2D eigenvalue weighted by Gasteiger charge is 2.05. The molecule has 102 valence electrons. The Morgan fingerprint density at radius 1 is 1.28 bits per heavy atom. The summed E-state index contributed by atoms with van der Waals surface area (Å²) in [4.78, 5) is 1.13. The number of rotatable bonds is 9. The van der Waals surface area contributed by atoms with Gasteiger partial charge >= 0.3 is 0 Å². The number of methoxy groups -OCH3 is 1. The van der Waals surface area contributed by atoms with Crippen LogP contribution in [0.4, 0.5) is 0 Å². The molecule has 0 radical (unpaired) electrons. The first-order valence-corrected chi connectivity index (χ1v) is 6.91. The molecule has 1 aromatic carbocycles. The van der Waals surface area contributed by atoms with Gasteiger partial charge in [0.15, 0.2) is 0 Å². The minimum absolute atomic E-state index is 0.344. The lowest BCUT2D eigenvalue weighted by Crippen LogP contribution is -2.19. The van der Waals surface area contributed by atoms with Crippen molar-refractivity contribution in [3.8, 4) is 0 Å². The summed E-state index contributed by atoms with van der Waals surface area (Å²) >= 11 is 1.61. The Bertz CT molecular complexity index is 319. The number of aliphatic hydroxyl groups excluding tert-OH is 1. The zero-order valence-electron chi connectivity index (χ0n) is 10.7. The minimum Gasteiger partial charge on any atom is -0.390 e. The van der Waals surface area contributed by atoms with E-state index < -0.39 is 6.10 Å². The van der Waals surface area contributed by atoms with Gasteiger partial charge in [-0.15, -0.1) is 11.8 Å². The summed E-state index contributed by atoms with van der Waals surface area (Å²) in [6.07, 6.45) is -0.457. The zero-order chi connectivity index (χ0) is 13.2. The topological polar surface area (TPSA) is 64.7 Å². The van der Waals surface area contributed by atoms with E-state index in [-0.39, 0.29) is 0 Å². The number of nitrogens with two attached hydrogens (primary N) is 1. The smallest absolute Gasteiger partial charge is 0.0867 e. The van der Waals surface area contributed by atoms with Crippen molar-refractivity contribution in [2.75, 3.05) is 32.7 Å². The normalized spacial score (nSPS) is 12.6. The van der Waals surface area contributed by atoms with Crippen molar-refractivity contribution in [2.24, 2.45) is 5.73 Å². The van der Waals surface area contributed by atoms with E-state index in [1.165, 1.54) is 0 Å². The highest BCUT2D eigenvalue weighted by Crippen LogP contribution is 2.19. The van der Waals surface area contributed by atoms with E-state index in [1.54, 1.807) is 18.9 Å². The lowest BCUT2D eigenvalue weighted by atomic mass is 10.2. The first-order valence-electron chi connectivity index (χ1n) is 5.92. The number of aliphatic hydroxyl groups is 1. The molecule has 0 saturated carbocycles. The van der Waals surface area contributed by atoms with Crippen molar-refractivity contribution >= 4 is 11.8 Å². The molecule has 0 fully saturated rings. The molecule has 1 unspecified atom stereocenters. The Hall–Kier alpha value is -0.590. The largest absolute Gasteiger partial charge is 0.390 e. The van der Waals surface area contributed by atoms with Gasteiger partial charge in [0, 0.05) is 24.3 Å². The molecule has 18 heavy (non-hydrogen) atoms. The third kappa shape index (κ3) is 6.37. The quantitative estimate of drug-likeness (QED) is 0.523. The molecule has 3 N–H and O–H groups in total. The Morgan fingerprint density at radius 2 is 2.00 bits per heavy atom. The summed E-state index contributed by atoms with van der Waals surface area (Å²) < 4.78 is 10.1. The Labute approximate surface area is 112 Å². The summed E-state index contributed by atoms with van der Waals surface area (Å²) in [6, 6.07) is 8.05. The molecule has 1 atom stereocenters. The maximum atomic E-state index is 9.70. The Balaban J connectivity index is 2.18. The molecule has 0 aliphatic carbocycles. The maximum Gasteiger partial charge on any atom is 0.0867 e. The fraction of sp³-hybridized carbons (Fsp3) is 0.538. The standard InChI is InChI=1S/C13H21NO3S/c1-16-6-7-17-9-12(15)10-18-13-4-2-11(8-14)3-5-13/h2-5,12,15H,6-10,14H2,1H3. The molecule has 0 aromatic heterocycles. The molecule has 0 bridgehead atoms. The number of hydrogen-bond donors (Lipinski definition) is 2. The molecular formula is C13H21NO3S. The van der Waals surface area contributed by atoms with E-state index in [1.807, 2.05) is 24.3 Å². The second kappa shape index (κ2) is 9.35. The first-order chi connectivity index (χ1) is 8.76. The van der Waals surface area contributed by atoms with Crippen LogP contribution in [0.5, 0.6) is 0 Å². The molecule has 0 saturated heterocycles. The third-order valence-electron chi connectivity index (χ3n) is 2.34. The van der Waals surface area contributed by atoms with Gasteiger partial charge in [-0.1, -0.05) is 12.1 Å². The van der Waals surface area contributed by atoms with Crippen LogP contribution in [-0.4, -0.2) is 43.9 Å². The van der Waals surface area contributed by atoms with Crippen LogP contribution in [0.25, 0.3) is 0 Å². The van der Waals surface area contributed by atoms with E-state index in [9.17, 15) is 5.11 Å². The number of thioether (sulfide) groups is 1. The van der Waals surface area contributed by atoms with Crippen molar-refractivity contribution < 1.29 is 14.6 Å². The van der Waals surface area contributed by atoms with Gasteiger partial charge in [0.1, 0.15) is 0 Å². The van der Waals surface area contributed by atoms with Crippen LogP contribution in [-0.2, 0) is 16.0 Å². The number of ether oxygens (including phenoxy) is 2. The van der Waals surface area contributed by atoms with Crippen LogP contribution in [0.3, 0.4) is 0 Å². The van der Waals surface area contributed by atoms with Crippen LogP contribution in [0, 0.1) is 0 Å². The predicted molar refractivity (Wildman–Crippen MR) is 73.8 cm³/mol. The average molecular weight is 271 g/mol. The lowest BCUT2D eigenvalue weighted by molar-refractivity contribution is 0.0218. The Kier molecular flexibility index (Phi) is 8.04. The SMILES string of the molecule is COCCOCC(O)CSc1ccc(CN)cc1. The van der Waals surface area contributed by atoms with Crippen LogP contribution in [0.15, 0.2) is 29.2 Å². The second-order valence-corrected chi connectivity index (χ2v) is 4.97. The van der Waals surface area contributed by atoms with Crippen molar-refractivity contribution in [2.45, 2.75) is 17.5 Å². The van der Waals surface area contributed by atoms with E-state index in [4.69, 9.17) is 15.2 Å². The predicted octanol–water partition coefficient (Wildman–Crippen LogP) is 1.26. The monoisotopic (exact) mass is 271 g/mol. The summed E-state index contributed by atoms with van der Waals surface area (Å²) in [5, 5.41) is 9.70. The van der Waals surface area contributed by atoms with Gasteiger partial charge in [-0.05, 0) is 17.7 Å². The molecule has 0 spiro atoms. The molecule has 5 heteroatoms. The van der Waals surface area contributed by atoms with Gasteiger partial charge in [0.2, 0.25) is 0 Å². The molecular weight excluding hydrogens is 250 g/mol. The maximum absolute atomic E-state index is 9.70. The molecule has 1 aromatic rings. The van der Waals surface area contributed by atoms with Crippen LogP contribution < -0.4 is 5.73 Å². The zero-order valence-corrected chi connectivity index (χ0v) is 11.5. The molecule has 0 heterocycles. The van der Waals surface area contributed by atoms with Crippen molar-refractivity contribution in [1.82, 2.24) is 0 Å². The second-order valence-electron chi connectivity index (χ2n) is 3.88. The van der Waals surface area contributed by atoms with Gasteiger partial charge in [0.05, 0.1) is 25.9 Å². The van der Waals surface area contributed by atoms with Gasteiger partial charge in [-0.2, -0.15) is 0 Å². The summed E-state index contributed by atoms with van der Waals surface area (Å²) in [5.74, 6) is 0.620. The van der Waals surface area contributed by atoms with Crippen molar-refractivity contribution in [1.29, 1.82) is 0 Å².